The molecular formula is C31H20ClN5O4. The molecule has 0 amide bonds. The molecule has 4 aliphatic rings. The highest BCUT2D eigenvalue weighted by Crippen LogP contribution is 2.44. The van der Waals surface area contributed by atoms with Crippen LogP contribution in [0.25, 0.3) is 0 Å². The molecule has 41 heavy (non-hydrogen) atoms. The summed E-state index contributed by atoms with van der Waals surface area (Å²) in [6.07, 6.45) is 6.69. The normalized spacial score (nSPS) is 24.8. The highest BCUT2D eigenvalue weighted by Gasteiger charge is 2.49. The van der Waals surface area contributed by atoms with Crippen molar-refractivity contribution in [3.8, 4) is 0 Å². The minimum atomic E-state index is -1.65. The van der Waals surface area contributed by atoms with E-state index < -0.39 is 22.6 Å². The lowest BCUT2D eigenvalue weighted by molar-refractivity contribution is 0.0959. The molecule has 10 heteroatoms. The molecule has 0 bridgehead atoms. The highest BCUT2D eigenvalue weighted by molar-refractivity contribution is 6.30. The van der Waals surface area contributed by atoms with E-state index in [1.165, 1.54) is 0 Å². The van der Waals surface area contributed by atoms with Crippen LogP contribution in [0.5, 0.6) is 0 Å². The quantitative estimate of drug-likeness (QED) is 0.477. The molecule has 2 unspecified atom stereocenters. The predicted molar refractivity (Wildman–Crippen MR) is 148 cm³/mol. The van der Waals surface area contributed by atoms with E-state index in [2.05, 4.69) is 15.0 Å². The van der Waals surface area contributed by atoms with E-state index in [-0.39, 0.29) is 85.9 Å². The Bertz CT molecular complexity index is 1790. The van der Waals surface area contributed by atoms with Crippen LogP contribution in [0, 0.1) is 0 Å². The Morgan fingerprint density at radius 2 is 0.951 bits per heavy atom. The van der Waals surface area contributed by atoms with Gasteiger partial charge in [0, 0.05) is 44.5 Å². The summed E-state index contributed by atoms with van der Waals surface area (Å²) in [6, 6.07) is 13.1. The molecule has 0 radical (unpaired) electrons. The molecule has 7 rings (SSSR count). The zero-order valence-corrected chi connectivity index (χ0v) is 22.1. The largest absolute Gasteiger partial charge is 0.315 e. The Morgan fingerprint density at radius 1 is 0.585 bits per heavy atom. The van der Waals surface area contributed by atoms with Crippen LogP contribution in [-0.2, 0) is 11.1 Å². The first-order chi connectivity index (χ1) is 19.6. The van der Waals surface area contributed by atoms with Gasteiger partial charge in [0.05, 0.1) is 0 Å². The van der Waals surface area contributed by atoms with Crippen LogP contribution < -0.4 is 11.5 Å². The van der Waals surface area contributed by atoms with E-state index >= 15 is 0 Å². The maximum absolute atomic E-state index is 13.8. The van der Waals surface area contributed by atoms with Crippen molar-refractivity contribution < 1.29 is 19.2 Å². The molecule has 0 saturated carbocycles. The minimum Gasteiger partial charge on any atom is -0.315 e. The summed E-state index contributed by atoms with van der Waals surface area (Å²) in [6.45, 7) is 0. The van der Waals surface area contributed by atoms with Crippen LogP contribution in [-0.4, -0.2) is 38.1 Å². The van der Waals surface area contributed by atoms with E-state index in [1.54, 1.807) is 72.8 Å². The molecule has 4 aliphatic carbocycles. The molecular weight excluding hydrogens is 542 g/mol. The molecule has 0 fully saturated rings. The van der Waals surface area contributed by atoms with Crippen LogP contribution in [0.2, 0.25) is 5.28 Å². The van der Waals surface area contributed by atoms with Gasteiger partial charge in [0.15, 0.2) is 34.8 Å². The second-order valence-electron chi connectivity index (χ2n) is 10.4. The summed E-state index contributed by atoms with van der Waals surface area (Å²) in [7, 11) is 0. The summed E-state index contributed by atoms with van der Waals surface area (Å²) in [5, 5.41) is -0.266. The van der Waals surface area contributed by atoms with Gasteiger partial charge in [-0.2, -0.15) is 0 Å². The molecule has 2 aromatic carbocycles. The summed E-state index contributed by atoms with van der Waals surface area (Å²) in [4.78, 5) is 67.4. The molecule has 1 aromatic heterocycles. The van der Waals surface area contributed by atoms with Gasteiger partial charge in [-0.1, -0.05) is 72.8 Å². The Morgan fingerprint density at radius 3 is 1.34 bits per heavy atom. The van der Waals surface area contributed by atoms with Gasteiger partial charge in [-0.3, -0.25) is 19.2 Å². The number of nitrogens with zero attached hydrogens (tertiary/aromatic N) is 3. The smallest absolute Gasteiger partial charge is 0.226 e. The number of carbonyl (C=O) groups is 4. The molecule has 0 spiro atoms. The molecule has 2 atom stereocenters. The maximum atomic E-state index is 13.8. The lowest BCUT2D eigenvalue weighted by atomic mass is 9.70. The fraction of sp³-hybridized carbons (Fsp3) is 0.129. The second-order valence-corrected chi connectivity index (χ2v) is 10.7. The van der Waals surface area contributed by atoms with Gasteiger partial charge in [0.25, 0.3) is 0 Å². The van der Waals surface area contributed by atoms with Gasteiger partial charge in [-0.15, -0.1) is 0 Å². The molecule has 9 nitrogen and oxygen atoms in total. The summed E-state index contributed by atoms with van der Waals surface area (Å²) in [5.41, 5.74) is 12.0. The maximum Gasteiger partial charge on any atom is 0.226 e. The minimum absolute atomic E-state index is 0.0456. The van der Waals surface area contributed by atoms with Crippen molar-refractivity contribution in [2.45, 2.75) is 23.9 Å². The van der Waals surface area contributed by atoms with Crippen LogP contribution in [0.3, 0.4) is 0 Å². The molecule has 200 valence electrons. The topological polar surface area (TPSA) is 159 Å². The van der Waals surface area contributed by atoms with Gasteiger partial charge in [0.2, 0.25) is 5.28 Å². The van der Waals surface area contributed by atoms with E-state index in [1.807, 2.05) is 0 Å². The number of hydrogen-bond donors (Lipinski definition) is 2. The zero-order valence-electron chi connectivity index (χ0n) is 21.3. The van der Waals surface area contributed by atoms with Crippen LogP contribution in [0.1, 0.15) is 65.9 Å². The predicted octanol–water partition coefficient (Wildman–Crippen LogP) is 3.50. The lowest BCUT2D eigenvalue weighted by Crippen LogP contribution is -2.49. The zero-order chi connectivity index (χ0) is 28.7. The van der Waals surface area contributed by atoms with Crippen molar-refractivity contribution in [1.82, 2.24) is 15.0 Å². The third kappa shape index (κ3) is 3.40. The SMILES string of the molecule is NC1(c2nc(Cl)nc(C3(N)CC=CC4=C3C(=O)c3ccccc3C4=O)n2)CC=CC2=C1C(=O)c1ccccc1C2=O. The number of Topliss-reactive ketones (excluding diaryl/α,β-unsaturated/α-hetero) is 4. The number of aromatic nitrogens is 3. The lowest BCUT2D eigenvalue weighted by Gasteiger charge is -2.37. The van der Waals surface area contributed by atoms with Crippen LogP contribution in [0.4, 0.5) is 0 Å². The van der Waals surface area contributed by atoms with Crippen LogP contribution >= 0.6 is 11.6 Å². The number of halogens is 1. The Labute approximate surface area is 238 Å². The fourth-order valence-corrected chi connectivity index (χ4v) is 6.24. The molecule has 0 aliphatic heterocycles. The van der Waals surface area contributed by atoms with Gasteiger partial charge < -0.3 is 11.5 Å². The van der Waals surface area contributed by atoms with Crippen molar-refractivity contribution in [1.29, 1.82) is 0 Å². The van der Waals surface area contributed by atoms with Crippen molar-refractivity contribution in [3.05, 3.63) is 134 Å². The number of carbonyl (C=O) groups excluding carboxylic acids is 4. The van der Waals surface area contributed by atoms with E-state index in [9.17, 15) is 19.2 Å². The standard InChI is InChI=1S/C31H20ClN5O4/c32-29-36-27(30(33)13-5-11-19-21(30)25(40)17-9-3-1-7-15(17)23(19)38)35-28(37-29)31(34)14-6-12-20-22(31)26(41)18-10-4-2-8-16(18)24(20)39/h1-12H,13-14,33-34H2. The molecule has 1 heterocycles. The Balaban J connectivity index is 1.40. The number of nitrogens with two attached hydrogens (primary N) is 2. The summed E-state index contributed by atoms with van der Waals surface area (Å²) < 4.78 is 0. The monoisotopic (exact) mass is 561 g/mol. The van der Waals surface area contributed by atoms with Gasteiger partial charge in [-0.25, -0.2) is 15.0 Å². The fourth-order valence-electron chi connectivity index (χ4n) is 6.08. The number of hydrogen-bond acceptors (Lipinski definition) is 9. The highest BCUT2D eigenvalue weighted by atomic mass is 35.5. The van der Waals surface area contributed by atoms with Crippen molar-refractivity contribution in [3.63, 3.8) is 0 Å². The Kier molecular flexibility index (Phi) is 5.33. The van der Waals surface area contributed by atoms with Crippen molar-refractivity contribution in [2.75, 3.05) is 0 Å². The second kappa shape index (κ2) is 8.65. The van der Waals surface area contributed by atoms with Crippen LogP contribution in [0.15, 0.2) is 95.1 Å². The van der Waals surface area contributed by atoms with Crippen molar-refractivity contribution in [2.24, 2.45) is 11.5 Å². The van der Waals surface area contributed by atoms with E-state index in [0.717, 1.165) is 0 Å². The Hall–Kier alpha value is -4.70. The first kappa shape index (κ1) is 25.3. The molecule has 0 saturated heterocycles. The number of fused-ring (bicyclic) bond motifs is 2. The van der Waals surface area contributed by atoms with E-state index in [4.69, 9.17) is 23.1 Å². The third-order valence-electron chi connectivity index (χ3n) is 8.06. The van der Waals surface area contributed by atoms with Gasteiger partial charge in [-0.05, 0) is 24.4 Å². The first-order valence-corrected chi connectivity index (χ1v) is 13.2. The summed E-state index contributed by atoms with van der Waals surface area (Å²) >= 11 is 6.41. The van der Waals surface area contributed by atoms with Crippen molar-refractivity contribution >= 4 is 34.7 Å². The third-order valence-corrected chi connectivity index (χ3v) is 8.23. The van der Waals surface area contributed by atoms with E-state index in [0.29, 0.717) is 0 Å². The average Bonchev–Trinajstić information content (AvgIpc) is 2.98. The number of rotatable bonds is 2. The summed E-state index contributed by atoms with van der Waals surface area (Å²) in [5.74, 6) is -1.68. The first-order valence-electron chi connectivity index (χ1n) is 12.8. The van der Waals surface area contributed by atoms with Gasteiger partial charge in [0.1, 0.15) is 11.1 Å². The number of allylic oxidation sites excluding steroid dienone is 4. The molecule has 4 N–H and O–H groups in total. The van der Waals surface area contributed by atoms with Gasteiger partial charge >= 0.3 is 0 Å². The average molecular weight is 562 g/mol. The number of benzene rings is 2. The molecule has 3 aromatic rings. The number of ketones is 4.